The zero-order chi connectivity index (χ0) is 36.0. The summed E-state index contributed by atoms with van der Waals surface area (Å²) in [5.41, 5.74) is 18.7. The molecule has 5 aromatic carbocycles. The first-order valence-corrected chi connectivity index (χ1v) is 19.2. The predicted molar refractivity (Wildman–Crippen MR) is 221 cm³/mol. The van der Waals surface area contributed by atoms with Gasteiger partial charge in [-0.3, -0.25) is 0 Å². The fraction of sp³-hybridized carbons (Fsp3) is 0.280. The van der Waals surface area contributed by atoms with Crippen LogP contribution in [0.15, 0.2) is 139 Å². The van der Waals surface area contributed by atoms with Crippen molar-refractivity contribution < 1.29 is 0 Å². The van der Waals surface area contributed by atoms with Gasteiger partial charge in [-0.1, -0.05) is 133 Å². The molecule has 2 aliphatic carbocycles. The molecule has 1 atom stereocenters. The van der Waals surface area contributed by atoms with Gasteiger partial charge in [0.1, 0.15) is 0 Å². The second-order valence-corrected chi connectivity index (χ2v) is 17.3. The van der Waals surface area contributed by atoms with Crippen LogP contribution in [0.25, 0.3) is 6.08 Å². The molecule has 0 bridgehead atoms. The summed E-state index contributed by atoms with van der Waals surface area (Å²) in [5, 5.41) is 0. The Hall–Kier alpha value is -5.08. The van der Waals surface area contributed by atoms with E-state index in [0.717, 1.165) is 19.3 Å². The van der Waals surface area contributed by atoms with Crippen LogP contribution in [0.4, 0.5) is 28.4 Å². The number of allylic oxidation sites excluding steroid dienone is 4. The number of fused-ring (bicyclic) bond motifs is 4. The molecule has 0 amide bonds. The van der Waals surface area contributed by atoms with Crippen molar-refractivity contribution in [2.75, 3.05) is 9.80 Å². The maximum atomic E-state index is 2.60. The van der Waals surface area contributed by atoms with Crippen molar-refractivity contribution in [3.8, 4) is 0 Å². The van der Waals surface area contributed by atoms with E-state index in [2.05, 4.69) is 192 Å². The first-order valence-electron chi connectivity index (χ1n) is 19.2. The maximum absolute atomic E-state index is 2.60. The number of hydrogen-bond donors (Lipinski definition) is 0. The average Bonchev–Trinajstić information content (AvgIpc) is 3.15. The van der Waals surface area contributed by atoms with Gasteiger partial charge in [-0.2, -0.15) is 0 Å². The van der Waals surface area contributed by atoms with Crippen molar-refractivity contribution in [3.05, 3.63) is 178 Å². The predicted octanol–water partition coefficient (Wildman–Crippen LogP) is 13.7. The molecule has 0 saturated carbocycles. The van der Waals surface area contributed by atoms with E-state index in [4.69, 9.17) is 0 Å². The monoisotopic (exact) mass is 678 g/mol. The van der Waals surface area contributed by atoms with E-state index < -0.39 is 0 Å². The molecule has 0 spiro atoms. The molecule has 1 unspecified atom stereocenters. The molecule has 0 radical (unpaired) electrons. The second-order valence-electron chi connectivity index (χ2n) is 17.3. The van der Waals surface area contributed by atoms with Gasteiger partial charge in [0.2, 0.25) is 0 Å². The number of hydrogen-bond acceptors (Lipinski definition) is 2. The highest BCUT2D eigenvalue weighted by atomic mass is 15.2. The molecule has 2 aliphatic heterocycles. The van der Waals surface area contributed by atoms with Gasteiger partial charge >= 0.3 is 0 Å². The molecule has 2 heteroatoms. The molecule has 4 aliphatic rings. The Kier molecular flexibility index (Phi) is 7.39. The number of benzene rings is 5. The zero-order valence-electron chi connectivity index (χ0n) is 31.8. The lowest BCUT2D eigenvalue weighted by molar-refractivity contribution is 0.555. The fourth-order valence-electron chi connectivity index (χ4n) is 9.49. The molecule has 0 N–H and O–H groups in total. The maximum Gasteiger partial charge on any atom is 0.0543 e. The largest absolute Gasteiger partial charge is 0.310 e. The Morgan fingerprint density at radius 3 is 2.06 bits per heavy atom. The Bertz CT molecular complexity index is 2300. The summed E-state index contributed by atoms with van der Waals surface area (Å²) in [6, 6.07) is 41.7. The number of para-hydroxylation sites is 1. The summed E-state index contributed by atoms with van der Waals surface area (Å²) < 4.78 is 0. The summed E-state index contributed by atoms with van der Waals surface area (Å²) in [7, 11) is 0. The molecule has 52 heavy (non-hydrogen) atoms. The molecule has 9 rings (SSSR count). The molecule has 2 nitrogen and oxygen atoms in total. The van der Waals surface area contributed by atoms with E-state index in [9.17, 15) is 0 Å². The third-order valence-corrected chi connectivity index (χ3v) is 12.5. The van der Waals surface area contributed by atoms with E-state index in [1.54, 1.807) is 5.57 Å². The zero-order valence-corrected chi connectivity index (χ0v) is 31.8. The summed E-state index contributed by atoms with van der Waals surface area (Å²) in [6.07, 6.45) is 12.6. The van der Waals surface area contributed by atoms with E-state index in [1.807, 2.05) is 0 Å². The van der Waals surface area contributed by atoms with Gasteiger partial charge in [-0.25, -0.2) is 0 Å². The van der Waals surface area contributed by atoms with Crippen LogP contribution in [-0.4, -0.2) is 0 Å². The number of anilines is 5. The van der Waals surface area contributed by atoms with E-state index in [1.165, 1.54) is 73.1 Å². The van der Waals surface area contributed by atoms with Crippen LogP contribution in [-0.2, 0) is 16.2 Å². The van der Waals surface area contributed by atoms with Crippen LogP contribution in [0.1, 0.15) is 113 Å². The van der Waals surface area contributed by atoms with Crippen LogP contribution in [0.5, 0.6) is 0 Å². The molecule has 5 aromatic rings. The fourth-order valence-corrected chi connectivity index (χ4v) is 9.49. The SMILES string of the molecule is CC(C)(C)c1ccc(N(c2ccc(C3CC=Cc4ccccc43)cc2)c2ccc3c(c2)C(C)(C)c2cccc4c2N3C2=C(CCC=C2)C4(C)C)cc1. The first kappa shape index (κ1) is 32.8. The highest BCUT2D eigenvalue weighted by molar-refractivity contribution is 5.89. The van der Waals surface area contributed by atoms with Gasteiger partial charge in [0.25, 0.3) is 0 Å². The van der Waals surface area contributed by atoms with Crippen LogP contribution in [0.2, 0.25) is 0 Å². The second kappa shape index (κ2) is 11.7. The van der Waals surface area contributed by atoms with E-state index in [-0.39, 0.29) is 16.2 Å². The lowest BCUT2D eigenvalue weighted by atomic mass is 9.65. The van der Waals surface area contributed by atoms with Crippen molar-refractivity contribution in [3.63, 3.8) is 0 Å². The third-order valence-electron chi connectivity index (χ3n) is 12.5. The smallest absolute Gasteiger partial charge is 0.0543 e. The van der Waals surface area contributed by atoms with Gasteiger partial charge in [0.05, 0.1) is 11.4 Å². The van der Waals surface area contributed by atoms with Crippen molar-refractivity contribution in [1.82, 2.24) is 0 Å². The first-order chi connectivity index (χ1) is 24.9. The summed E-state index contributed by atoms with van der Waals surface area (Å²) in [4.78, 5) is 5.05. The lowest BCUT2D eigenvalue weighted by Crippen LogP contribution is -2.40. The highest BCUT2D eigenvalue weighted by Gasteiger charge is 2.46. The Morgan fingerprint density at radius 1 is 0.654 bits per heavy atom. The molecule has 260 valence electrons. The van der Waals surface area contributed by atoms with Crippen LogP contribution in [0.3, 0.4) is 0 Å². The van der Waals surface area contributed by atoms with Crippen LogP contribution >= 0.6 is 0 Å². The summed E-state index contributed by atoms with van der Waals surface area (Å²) in [6.45, 7) is 16.6. The lowest BCUT2D eigenvalue weighted by Gasteiger charge is -2.50. The van der Waals surface area contributed by atoms with E-state index >= 15 is 0 Å². The summed E-state index contributed by atoms with van der Waals surface area (Å²) in [5.74, 6) is 0.367. The van der Waals surface area contributed by atoms with Gasteiger partial charge < -0.3 is 9.80 Å². The minimum absolute atomic E-state index is 0.00632. The van der Waals surface area contributed by atoms with Crippen LogP contribution < -0.4 is 9.80 Å². The van der Waals surface area contributed by atoms with Crippen molar-refractivity contribution >= 4 is 34.5 Å². The normalized spacial score (nSPS) is 19.1. The minimum atomic E-state index is -0.187. The van der Waals surface area contributed by atoms with Gasteiger partial charge in [0, 0.05) is 39.5 Å². The minimum Gasteiger partial charge on any atom is -0.310 e. The Balaban J connectivity index is 1.19. The molecule has 0 fully saturated rings. The number of rotatable bonds is 4. The highest BCUT2D eigenvalue weighted by Crippen LogP contribution is 2.59. The quantitative estimate of drug-likeness (QED) is 0.187. The van der Waals surface area contributed by atoms with Gasteiger partial charge in [-0.15, -0.1) is 0 Å². The average molecular weight is 679 g/mol. The molecular weight excluding hydrogens is 629 g/mol. The molecule has 0 aromatic heterocycles. The summed E-state index contributed by atoms with van der Waals surface area (Å²) >= 11 is 0. The van der Waals surface area contributed by atoms with Crippen molar-refractivity contribution in [2.45, 2.75) is 89.9 Å². The Labute approximate surface area is 310 Å². The van der Waals surface area contributed by atoms with Gasteiger partial charge in [0.15, 0.2) is 0 Å². The van der Waals surface area contributed by atoms with E-state index in [0.29, 0.717) is 5.92 Å². The van der Waals surface area contributed by atoms with Crippen LogP contribution in [0, 0.1) is 0 Å². The topological polar surface area (TPSA) is 6.48 Å². The Morgan fingerprint density at radius 2 is 1.33 bits per heavy atom. The van der Waals surface area contributed by atoms with Crippen molar-refractivity contribution in [1.29, 1.82) is 0 Å². The number of nitrogens with zero attached hydrogens (tertiary/aromatic N) is 2. The van der Waals surface area contributed by atoms with Crippen molar-refractivity contribution in [2.24, 2.45) is 0 Å². The van der Waals surface area contributed by atoms with Gasteiger partial charge in [-0.05, 0) is 118 Å². The standard InChI is InChI=1S/C50H50N2/c1-48(2,3)35-24-28-37(29-25-35)51(36-26-22-34(23-27-36)40-17-12-15-33-14-8-9-16-39(33)40)38-30-31-46-44(32-38)50(6,7)43-20-13-19-42-47(43)52(46)45-21-11-10-18-41(45)49(42,4)5/h8-9,11-16,19-32,40H,10,17-18H2,1-7H3. The molecule has 2 heterocycles. The molecular formula is C50H50N2. The third kappa shape index (κ3) is 4.98. The molecule has 0 saturated heterocycles.